The highest BCUT2D eigenvalue weighted by Crippen LogP contribution is 2.33. The molecule has 0 aromatic carbocycles. The predicted octanol–water partition coefficient (Wildman–Crippen LogP) is 2.73. The average molecular weight is 308 g/mol. The van der Waals surface area contributed by atoms with Crippen LogP contribution in [0.5, 0.6) is 0 Å². The normalized spacial score (nSPS) is 20.0. The summed E-state index contributed by atoms with van der Waals surface area (Å²) in [6.45, 7) is -0.0343. The van der Waals surface area contributed by atoms with Gasteiger partial charge in [0, 0.05) is 18.7 Å². The number of piperidine rings is 1. The summed E-state index contributed by atoms with van der Waals surface area (Å²) in [7, 11) is 0. The minimum atomic E-state index is -4.28. The van der Waals surface area contributed by atoms with Gasteiger partial charge in [0.2, 0.25) is 0 Å². The molecule has 4 nitrogen and oxygen atoms in total. The molecule has 0 aliphatic carbocycles. The molecule has 1 amide bonds. The number of nitrogens with zero attached hydrogens (tertiary/aromatic N) is 2. The van der Waals surface area contributed by atoms with Crippen molar-refractivity contribution in [2.75, 3.05) is 18.8 Å². The Bertz CT molecular complexity index is 501. The fraction of sp³-hybridized carbons (Fsp3) is 0.500. The van der Waals surface area contributed by atoms with Crippen molar-refractivity contribution in [2.24, 2.45) is 5.92 Å². The topological polar surface area (TPSA) is 59.2 Å². The summed E-state index contributed by atoms with van der Waals surface area (Å²) in [5, 5.41) is 0.0396. The number of pyridine rings is 1. The number of rotatable bonds is 1. The lowest BCUT2D eigenvalue weighted by Crippen LogP contribution is -2.44. The van der Waals surface area contributed by atoms with Crippen LogP contribution >= 0.6 is 11.6 Å². The number of amides is 1. The van der Waals surface area contributed by atoms with E-state index in [1.807, 2.05) is 0 Å². The maximum absolute atomic E-state index is 12.7. The van der Waals surface area contributed by atoms with Crippen molar-refractivity contribution in [2.45, 2.75) is 19.0 Å². The summed E-state index contributed by atoms with van der Waals surface area (Å²) in [6, 6.07) is 2.61. The summed E-state index contributed by atoms with van der Waals surface area (Å²) >= 11 is 5.69. The molecule has 1 fully saturated rings. The minimum absolute atomic E-state index is 0.0396. The second-order valence-corrected chi connectivity index (χ2v) is 5.12. The van der Waals surface area contributed by atoms with Crippen LogP contribution in [0.2, 0.25) is 5.15 Å². The van der Waals surface area contributed by atoms with Crippen LogP contribution in [0.4, 0.5) is 19.0 Å². The SMILES string of the molecule is Nc1cc(C(=O)N2CCCC(C(F)(F)F)C2)cc(Cl)n1. The van der Waals surface area contributed by atoms with Gasteiger partial charge < -0.3 is 10.6 Å². The van der Waals surface area contributed by atoms with Crippen LogP contribution in [0.15, 0.2) is 12.1 Å². The van der Waals surface area contributed by atoms with Gasteiger partial charge in [0.15, 0.2) is 0 Å². The van der Waals surface area contributed by atoms with E-state index in [2.05, 4.69) is 4.98 Å². The number of halogens is 4. The molecule has 1 aliphatic heterocycles. The molecule has 0 bridgehead atoms. The van der Waals surface area contributed by atoms with Crippen molar-refractivity contribution >= 4 is 23.3 Å². The molecule has 2 N–H and O–H groups in total. The highest BCUT2D eigenvalue weighted by molar-refractivity contribution is 6.29. The van der Waals surface area contributed by atoms with Crippen LogP contribution in [0.25, 0.3) is 0 Å². The summed E-state index contributed by atoms with van der Waals surface area (Å²) in [6.07, 6.45) is -3.91. The van der Waals surface area contributed by atoms with Crippen molar-refractivity contribution in [1.82, 2.24) is 9.88 Å². The number of hydrogen-bond donors (Lipinski definition) is 1. The highest BCUT2D eigenvalue weighted by atomic mass is 35.5. The molecule has 2 rings (SSSR count). The number of anilines is 1. The molecule has 1 unspecified atom stereocenters. The van der Waals surface area contributed by atoms with Gasteiger partial charge in [-0.25, -0.2) is 4.98 Å². The number of aromatic nitrogens is 1. The lowest BCUT2D eigenvalue weighted by atomic mass is 9.97. The molecule has 1 saturated heterocycles. The average Bonchev–Trinajstić information content (AvgIpc) is 2.36. The van der Waals surface area contributed by atoms with Crippen molar-refractivity contribution in [3.63, 3.8) is 0 Å². The lowest BCUT2D eigenvalue weighted by molar-refractivity contribution is -0.184. The molecule has 20 heavy (non-hydrogen) atoms. The first-order valence-electron chi connectivity index (χ1n) is 6.06. The first-order chi connectivity index (χ1) is 9.27. The number of carbonyl (C=O) groups is 1. The van der Waals surface area contributed by atoms with Gasteiger partial charge in [-0.15, -0.1) is 0 Å². The Labute approximate surface area is 118 Å². The van der Waals surface area contributed by atoms with Gasteiger partial charge in [-0.3, -0.25) is 4.79 Å². The third-order valence-electron chi connectivity index (χ3n) is 3.23. The van der Waals surface area contributed by atoms with Crippen LogP contribution in [0, 0.1) is 5.92 Å². The number of nitrogen functional groups attached to an aromatic ring is 1. The molecule has 2 heterocycles. The van der Waals surface area contributed by atoms with Crippen LogP contribution in [-0.2, 0) is 0 Å². The maximum atomic E-state index is 12.7. The maximum Gasteiger partial charge on any atom is 0.393 e. The molecule has 0 radical (unpaired) electrons. The number of hydrogen-bond acceptors (Lipinski definition) is 3. The Morgan fingerprint density at radius 2 is 2.15 bits per heavy atom. The van der Waals surface area contributed by atoms with Crippen molar-refractivity contribution in [3.05, 3.63) is 22.8 Å². The first kappa shape index (κ1) is 14.9. The van der Waals surface area contributed by atoms with E-state index in [1.165, 1.54) is 17.0 Å². The summed E-state index contributed by atoms with van der Waals surface area (Å²) in [5.74, 6) is -1.92. The largest absolute Gasteiger partial charge is 0.393 e. The van der Waals surface area contributed by atoms with Gasteiger partial charge in [0.05, 0.1) is 5.92 Å². The molecule has 0 spiro atoms. The third kappa shape index (κ3) is 3.33. The van der Waals surface area contributed by atoms with E-state index in [0.29, 0.717) is 13.0 Å². The van der Waals surface area contributed by atoms with E-state index in [4.69, 9.17) is 17.3 Å². The predicted molar refractivity (Wildman–Crippen MR) is 68.3 cm³/mol. The van der Waals surface area contributed by atoms with Crippen molar-refractivity contribution < 1.29 is 18.0 Å². The molecule has 1 aromatic rings. The molecule has 110 valence electrons. The summed E-state index contributed by atoms with van der Waals surface area (Å²) < 4.78 is 38.2. The van der Waals surface area contributed by atoms with E-state index in [9.17, 15) is 18.0 Å². The van der Waals surface area contributed by atoms with Gasteiger partial charge in [-0.1, -0.05) is 11.6 Å². The Morgan fingerprint density at radius 3 is 2.75 bits per heavy atom. The first-order valence-corrected chi connectivity index (χ1v) is 6.44. The van der Waals surface area contributed by atoms with Crippen LogP contribution in [0.3, 0.4) is 0 Å². The van der Waals surface area contributed by atoms with Gasteiger partial charge in [-0.2, -0.15) is 13.2 Å². The molecule has 0 saturated carbocycles. The monoisotopic (exact) mass is 307 g/mol. The summed E-state index contributed by atoms with van der Waals surface area (Å²) in [5.41, 5.74) is 5.63. The van der Waals surface area contributed by atoms with Gasteiger partial charge in [0.25, 0.3) is 5.91 Å². The van der Waals surface area contributed by atoms with Crippen LogP contribution < -0.4 is 5.73 Å². The highest BCUT2D eigenvalue weighted by Gasteiger charge is 2.42. The fourth-order valence-electron chi connectivity index (χ4n) is 2.25. The van der Waals surface area contributed by atoms with Gasteiger partial charge >= 0.3 is 6.18 Å². The van der Waals surface area contributed by atoms with E-state index >= 15 is 0 Å². The molecule has 1 aliphatic rings. The molecular weight excluding hydrogens is 295 g/mol. The van der Waals surface area contributed by atoms with E-state index in [0.717, 1.165) is 0 Å². The lowest BCUT2D eigenvalue weighted by Gasteiger charge is -2.33. The molecule has 1 atom stereocenters. The Hall–Kier alpha value is -1.50. The molecule has 8 heteroatoms. The molecule has 1 aromatic heterocycles. The van der Waals surface area contributed by atoms with Crippen molar-refractivity contribution in [3.8, 4) is 0 Å². The third-order valence-corrected chi connectivity index (χ3v) is 3.43. The number of carbonyl (C=O) groups excluding carboxylic acids is 1. The number of likely N-dealkylation sites (tertiary alicyclic amines) is 1. The zero-order valence-corrected chi connectivity index (χ0v) is 11.2. The van der Waals surface area contributed by atoms with Crippen LogP contribution in [0.1, 0.15) is 23.2 Å². The Morgan fingerprint density at radius 1 is 1.45 bits per heavy atom. The second kappa shape index (κ2) is 5.47. The fourth-order valence-corrected chi connectivity index (χ4v) is 2.47. The van der Waals surface area contributed by atoms with E-state index < -0.39 is 18.0 Å². The molecular formula is C12H13ClF3N3O. The number of nitrogens with two attached hydrogens (primary N) is 1. The Kier molecular flexibility index (Phi) is 4.08. The van der Waals surface area contributed by atoms with E-state index in [1.54, 1.807) is 0 Å². The minimum Gasteiger partial charge on any atom is -0.384 e. The zero-order valence-electron chi connectivity index (χ0n) is 10.5. The quantitative estimate of drug-likeness (QED) is 0.812. The van der Waals surface area contributed by atoms with Crippen LogP contribution in [-0.4, -0.2) is 35.1 Å². The zero-order chi connectivity index (χ0) is 14.9. The van der Waals surface area contributed by atoms with Crippen molar-refractivity contribution in [1.29, 1.82) is 0 Å². The second-order valence-electron chi connectivity index (χ2n) is 4.74. The van der Waals surface area contributed by atoms with Gasteiger partial charge in [-0.05, 0) is 25.0 Å². The smallest absolute Gasteiger partial charge is 0.384 e. The summed E-state index contributed by atoms with van der Waals surface area (Å²) in [4.78, 5) is 17.1. The van der Waals surface area contributed by atoms with E-state index in [-0.39, 0.29) is 29.5 Å². The Balaban J connectivity index is 2.16. The number of alkyl halides is 3. The standard InChI is InChI=1S/C12H13ClF3N3O/c13-9-4-7(5-10(17)18-9)11(20)19-3-1-2-8(6-19)12(14,15)16/h4-5,8H,1-3,6H2,(H2,17,18). The van der Waals surface area contributed by atoms with Gasteiger partial charge in [0.1, 0.15) is 11.0 Å².